The number of benzene rings is 1. The van der Waals surface area contributed by atoms with E-state index in [4.69, 9.17) is 5.11 Å². The van der Waals surface area contributed by atoms with Crippen LogP contribution in [0.25, 0.3) is 0 Å². The van der Waals surface area contributed by atoms with Gasteiger partial charge in [-0.1, -0.05) is 38.1 Å². The molecule has 1 unspecified atom stereocenters. The Kier molecular flexibility index (Phi) is 3.39. The monoisotopic (exact) mass is 218 g/mol. The maximum Gasteiger partial charge on any atom is 0.418 e. The van der Waals surface area contributed by atoms with Gasteiger partial charge in [-0.05, 0) is 17.0 Å². The summed E-state index contributed by atoms with van der Waals surface area (Å²) in [5, 5.41) is 9.16. The van der Waals surface area contributed by atoms with Gasteiger partial charge in [-0.15, -0.1) is 0 Å². The van der Waals surface area contributed by atoms with Crippen molar-refractivity contribution in [3.8, 4) is 0 Å². The average Bonchev–Trinajstić information content (AvgIpc) is 2.15. The Bertz CT molecular complexity index is 331. The van der Waals surface area contributed by atoms with Gasteiger partial charge in [0.05, 0.1) is 0 Å². The highest BCUT2D eigenvalue weighted by atomic mass is 19.4. The molecule has 1 atom stereocenters. The van der Waals surface area contributed by atoms with Crippen LogP contribution < -0.4 is 0 Å². The molecule has 0 aliphatic heterocycles. The van der Waals surface area contributed by atoms with Crippen LogP contribution in [0.3, 0.4) is 0 Å². The number of halogens is 3. The Morgan fingerprint density at radius 2 is 1.53 bits per heavy atom. The number of aliphatic hydroxyl groups excluding tert-OH is 1. The second-order valence-electron chi connectivity index (χ2n) is 3.73. The van der Waals surface area contributed by atoms with Gasteiger partial charge in [-0.3, -0.25) is 0 Å². The first-order chi connectivity index (χ1) is 6.84. The van der Waals surface area contributed by atoms with E-state index in [1.165, 1.54) is 12.1 Å². The fourth-order valence-electron chi connectivity index (χ4n) is 1.46. The summed E-state index contributed by atoms with van der Waals surface area (Å²) < 4.78 is 37.0. The number of hydrogen-bond donors (Lipinski definition) is 1. The zero-order chi connectivity index (χ0) is 11.6. The first-order valence-electron chi connectivity index (χ1n) is 4.67. The van der Waals surface area contributed by atoms with E-state index in [1.807, 2.05) is 0 Å². The molecular formula is C11H13F3O. The van der Waals surface area contributed by atoms with Gasteiger partial charge in [0.25, 0.3) is 0 Å². The summed E-state index contributed by atoms with van der Waals surface area (Å²) in [6, 6.07) is 6.08. The minimum absolute atomic E-state index is 0.0433. The standard InChI is InChI=1S/C11H13F3O/c1-7(2)8-5-3-4-6-9(8)10(15)11(12,13)14/h3-7,10,15H,1-2H3. The van der Waals surface area contributed by atoms with Crippen LogP contribution in [-0.2, 0) is 0 Å². The van der Waals surface area contributed by atoms with Gasteiger partial charge < -0.3 is 5.11 Å². The SMILES string of the molecule is CC(C)c1ccccc1C(O)C(F)(F)F. The van der Waals surface area contributed by atoms with E-state index < -0.39 is 12.3 Å². The van der Waals surface area contributed by atoms with Crippen molar-refractivity contribution in [3.63, 3.8) is 0 Å². The highest BCUT2D eigenvalue weighted by Gasteiger charge is 2.40. The van der Waals surface area contributed by atoms with Crippen molar-refractivity contribution >= 4 is 0 Å². The molecule has 0 amide bonds. The van der Waals surface area contributed by atoms with E-state index in [0.717, 1.165) is 0 Å². The molecule has 15 heavy (non-hydrogen) atoms. The van der Waals surface area contributed by atoms with Crippen molar-refractivity contribution < 1.29 is 18.3 Å². The maximum atomic E-state index is 12.3. The Labute approximate surface area is 86.5 Å². The second kappa shape index (κ2) is 4.23. The summed E-state index contributed by atoms with van der Waals surface area (Å²) in [4.78, 5) is 0. The third-order valence-corrected chi connectivity index (χ3v) is 2.22. The first-order valence-corrected chi connectivity index (χ1v) is 4.67. The zero-order valence-electron chi connectivity index (χ0n) is 8.55. The maximum absolute atomic E-state index is 12.3. The van der Waals surface area contributed by atoms with E-state index in [0.29, 0.717) is 5.56 Å². The normalized spacial score (nSPS) is 14.3. The Morgan fingerprint density at radius 1 is 1.07 bits per heavy atom. The van der Waals surface area contributed by atoms with Gasteiger partial charge in [0.15, 0.2) is 6.10 Å². The fraction of sp³-hybridized carbons (Fsp3) is 0.455. The summed E-state index contributed by atoms with van der Waals surface area (Å²) in [5.41, 5.74) is 0.474. The van der Waals surface area contributed by atoms with Gasteiger partial charge >= 0.3 is 6.18 Å². The second-order valence-corrected chi connectivity index (χ2v) is 3.73. The highest BCUT2D eigenvalue weighted by molar-refractivity contribution is 5.32. The minimum Gasteiger partial charge on any atom is -0.379 e. The molecule has 4 heteroatoms. The summed E-state index contributed by atoms with van der Waals surface area (Å²) >= 11 is 0. The molecule has 0 aliphatic carbocycles. The Hall–Kier alpha value is -1.03. The molecule has 84 valence electrons. The van der Waals surface area contributed by atoms with Gasteiger partial charge in [0.1, 0.15) is 0 Å². The number of aliphatic hydroxyl groups is 1. The molecule has 0 radical (unpaired) electrons. The van der Waals surface area contributed by atoms with Crippen LogP contribution in [0, 0.1) is 0 Å². The Morgan fingerprint density at radius 3 is 1.93 bits per heavy atom. The molecule has 0 aliphatic rings. The quantitative estimate of drug-likeness (QED) is 0.806. The van der Waals surface area contributed by atoms with Gasteiger partial charge in [0, 0.05) is 0 Å². The van der Waals surface area contributed by atoms with Gasteiger partial charge in [0.2, 0.25) is 0 Å². The van der Waals surface area contributed by atoms with Crippen molar-refractivity contribution in [1.82, 2.24) is 0 Å². The average molecular weight is 218 g/mol. The molecule has 1 aromatic rings. The summed E-state index contributed by atoms with van der Waals surface area (Å²) in [6.07, 6.45) is -7.00. The molecule has 0 bridgehead atoms. The van der Waals surface area contributed by atoms with Gasteiger partial charge in [-0.25, -0.2) is 0 Å². The smallest absolute Gasteiger partial charge is 0.379 e. The Balaban J connectivity index is 3.14. The zero-order valence-corrected chi connectivity index (χ0v) is 8.55. The van der Waals surface area contributed by atoms with E-state index in [1.54, 1.807) is 26.0 Å². The molecule has 0 fully saturated rings. The summed E-state index contributed by atoms with van der Waals surface area (Å²) in [6.45, 7) is 3.59. The molecule has 0 spiro atoms. The van der Waals surface area contributed by atoms with Crippen LogP contribution in [-0.4, -0.2) is 11.3 Å². The van der Waals surface area contributed by atoms with Crippen molar-refractivity contribution in [2.75, 3.05) is 0 Å². The topological polar surface area (TPSA) is 20.2 Å². The van der Waals surface area contributed by atoms with Crippen LogP contribution in [0.5, 0.6) is 0 Å². The molecular weight excluding hydrogens is 205 g/mol. The highest BCUT2D eigenvalue weighted by Crippen LogP contribution is 2.35. The van der Waals surface area contributed by atoms with Crippen LogP contribution >= 0.6 is 0 Å². The predicted molar refractivity (Wildman–Crippen MR) is 51.5 cm³/mol. The van der Waals surface area contributed by atoms with Crippen LogP contribution in [0.1, 0.15) is 37.0 Å². The van der Waals surface area contributed by atoms with E-state index in [2.05, 4.69) is 0 Å². The summed E-state index contributed by atoms with van der Waals surface area (Å²) in [5.74, 6) is -0.0433. The number of rotatable bonds is 2. The van der Waals surface area contributed by atoms with Crippen molar-refractivity contribution in [3.05, 3.63) is 35.4 Å². The molecule has 0 saturated carbocycles. The lowest BCUT2D eigenvalue weighted by Gasteiger charge is -2.19. The lowest BCUT2D eigenvalue weighted by atomic mass is 9.94. The van der Waals surface area contributed by atoms with Crippen LogP contribution in [0.15, 0.2) is 24.3 Å². The first kappa shape index (κ1) is 12.0. The third kappa shape index (κ3) is 2.72. The van der Waals surface area contributed by atoms with Crippen LogP contribution in [0.2, 0.25) is 0 Å². The van der Waals surface area contributed by atoms with E-state index >= 15 is 0 Å². The van der Waals surface area contributed by atoms with E-state index in [-0.39, 0.29) is 11.5 Å². The number of alkyl halides is 3. The lowest BCUT2D eigenvalue weighted by Crippen LogP contribution is -2.21. The molecule has 0 aromatic heterocycles. The van der Waals surface area contributed by atoms with Gasteiger partial charge in [-0.2, -0.15) is 13.2 Å². The summed E-state index contributed by atoms with van der Waals surface area (Å²) in [7, 11) is 0. The predicted octanol–water partition coefficient (Wildman–Crippen LogP) is 3.41. The van der Waals surface area contributed by atoms with Crippen molar-refractivity contribution in [1.29, 1.82) is 0 Å². The molecule has 1 N–H and O–H groups in total. The number of hydrogen-bond acceptors (Lipinski definition) is 1. The molecule has 1 nitrogen and oxygen atoms in total. The van der Waals surface area contributed by atoms with E-state index in [9.17, 15) is 13.2 Å². The fourth-order valence-corrected chi connectivity index (χ4v) is 1.46. The molecule has 1 rings (SSSR count). The third-order valence-electron chi connectivity index (χ3n) is 2.22. The largest absolute Gasteiger partial charge is 0.418 e. The van der Waals surface area contributed by atoms with Crippen molar-refractivity contribution in [2.45, 2.75) is 32.0 Å². The van der Waals surface area contributed by atoms with Crippen LogP contribution in [0.4, 0.5) is 13.2 Å². The minimum atomic E-state index is -4.61. The molecule has 0 saturated heterocycles. The van der Waals surface area contributed by atoms with Crippen molar-refractivity contribution in [2.24, 2.45) is 0 Å². The lowest BCUT2D eigenvalue weighted by molar-refractivity contribution is -0.207. The molecule has 0 heterocycles. The molecule has 1 aromatic carbocycles.